The molecule has 2 N–H and O–H groups in total. The number of hydrogen-bond acceptors (Lipinski definition) is 4. The minimum absolute atomic E-state index is 0. The lowest BCUT2D eigenvalue weighted by Gasteiger charge is -2.09. The largest absolute Gasteiger partial charge is 0.478 e. The number of para-hydroxylation sites is 1. The predicted molar refractivity (Wildman–Crippen MR) is 99.9 cm³/mol. The van der Waals surface area contributed by atoms with Gasteiger partial charge in [-0.1, -0.05) is 30.3 Å². The Balaban J connectivity index is 0.00000243. The number of carboxylic acid groups (broad SMARTS) is 1. The number of carboxylic acids is 1. The number of benzene rings is 2. The highest BCUT2D eigenvalue weighted by molar-refractivity contribution is 6.03. The molecule has 130 valence electrons. The average molecular weight is 339 g/mol. The van der Waals surface area contributed by atoms with E-state index in [1.807, 2.05) is 18.2 Å². The molecule has 1 amide bonds. The molecule has 0 saturated carbocycles. The van der Waals surface area contributed by atoms with Crippen LogP contribution in [-0.4, -0.2) is 27.0 Å². The molecule has 0 atom stereocenters. The van der Waals surface area contributed by atoms with Crippen LogP contribution in [0.5, 0.6) is 0 Å². The Kier molecular flexibility index (Phi) is 4.52. The van der Waals surface area contributed by atoms with Gasteiger partial charge in [0.15, 0.2) is 0 Å². The third kappa shape index (κ3) is 3.69. The van der Waals surface area contributed by atoms with Gasteiger partial charge in [0.05, 0.1) is 23.1 Å². The molecule has 6 nitrogen and oxygen atoms in total. The van der Waals surface area contributed by atoms with E-state index in [1.165, 1.54) is 18.3 Å². The van der Waals surface area contributed by atoms with E-state index in [0.29, 0.717) is 22.6 Å². The van der Waals surface area contributed by atoms with Gasteiger partial charge >= 0.3 is 5.97 Å². The quantitative estimate of drug-likeness (QED) is 0.745. The second-order valence-electron chi connectivity index (χ2n) is 5.40. The van der Waals surface area contributed by atoms with Gasteiger partial charge in [0.2, 0.25) is 0 Å². The van der Waals surface area contributed by atoms with E-state index in [9.17, 15) is 9.59 Å². The summed E-state index contributed by atoms with van der Waals surface area (Å²) in [7, 11) is 0. The summed E-state index contributed by atoms with van der Waals surface area (Å²) in [5.74, 6) is -1.39. The van der Waals surface area contributed by atoms with Crippen molar-refractivity contribution >= 4 is 17.6 Å². The van der Waals surface area contributed by atoms with Crippen LogP contribution in [-0.2, 0) is 0 Å². The number of carbonyl (C=O) groups excluding carboxylic acids is 1. The van der Waals surface area contributed by atoms with Gasteiger partial charge in [-0.2, -0.15) is 0 Å². The highest BCUT2D eigenvalue weighted by atomic mass is 16.4. The van der Waals surface area contributed by atoms with Crippen LogP contribution < -0.4 is 5.32 Å². The number of nitrogens with one attached hydrogen (secondary N) is 1. The molecule has 0 bridgehead atoms. The second-order valence-corrected chi connectivity index (χ2v) is 5.40. The van der Waals surface area contributed by atoms with Crippen molar-refractivity contribution in [2.75, 3.05) is 5.32 Å². The van der Waals surface area contributed by atoms with Crippen molar-refractivity contribution in [3.05, 3.63) is 77.7 Å². The first-order chi connectivity index (χ1) is 12.0. The number of anilines is 1. The van der Waals surface area contributed by atoms with Crippen molar-refractivity contribution in [3.63, 3.8) is 0 Å². The molecule has 6 heteroatoms. The first-order valence-corrected chi connectivity index (χ1v) is 7.58. The summed E-state index contributed by atoms with van der Waals surface area (Å²) >= 11 is 0. The van der Waals surface area contributed by atoms with Gasteiger partial charge < -0.3 is 10.4 Å². The summed E-state index contributed by atoms with van der Waals surface area (Å²) in [6.45, 7) is 1.70. The summed E-state index contributed by atoms with van der Waals surface area (Å²) in [5.41, 5.74) is 2.52. The maximum atomic E-state index is 12.5. The molecule has 0 aliphatic heterocycles. The number of aryl methyl sites for hydroxylation is 1. The van der Waals surface area contributed by atoms with Crippen LogP contribution >= 0.6 is 0 Å². The van der Waals surface area contributed by atoms with Crippen molar-refractivity contribution in [2.45, 2.75) is 6.92 Å². The standard InChI is InChI=1S/C19H15N3O3.3H2/c1-12-17(18(23)21-15-8-3-2-4-9-15)22-16(11-20-12)13-6-5-7-14(10-13)19(24)25;;;/h2-11H,1H3,(H,21,23)(H,24,25);3*1H. The van der Waals surface area contributed by atoms with Gasteiger partial charge in [0, 0.05) is 15.5 Å². The lowest BCUT2D eigenvalue weighted by molar-refractivity contribution is 0.0696. The van der Waals surface area contributed by atoms with Crippen LogP contribution in [0.4, 0.5) is 5.69 Å². The van der Waals surface area contributed by atoms with Gasteiger partial charge in [0.1, 0.15) is 5.69 Å². The fourth-order valence-corrected chi connectivity index (χ4v) is 2.33. The van der Waals surface area contributed by atoms with Crippen LogP contribution in [0.15, 0.2) is 60.8 Å². The topological polar surface area (TPSA) is 92.2 Å². The molecule has 1 heterocycles. The molecule has 3 rings (SSSR count). The molecule has 0 spiro atoms. The number of nitrogens with zero attached hydrogens (tertiary/aromatic N) is 2. The van der Waals surface area contributed by atoms with E-state index in [4.69, 9.17) is 5.11 Å². The number of rotatable bonds is 4. The Morgan fingerprint density at radius 3 is 2.56 bits per heavy atom. The van der Waals surface area contributed by atoms with Crippen LogP contribution in [0.3, 0.4) is 0 Å². The van der Waals surface area contributed by atoms with Crippen molar-refractivity contribution in [1.82, 2.24) is 9.97 Å². The molecule has 0 fully saturated rings. The van der Waals surface area contributed by atoms with E-state index in [1.54, 1.807) is 31.2 Å². The van der Waals surface area contributed by atoms with Crippen molar-refractivity contribution in [2.24, 2.45) is 0 Å². The molecule has 0 aliphatic carbocycles. The van der Waals surface area contributed by atoms with Gasteiger partial charge in [-0.15, -0.1) is 0 Å². The molecule has 25 heavy (non-hydrogen) atoms. The number of amides is 1. The summed E-state index contributed by atoms with van der Waals surface area (Å²) < 4.78 is 0. The van der Waals surface area contributed by atoms with E-state index >= 15 is 0 Å². The van der Waals surface area contributed by atoms with Crippen LogP contribution in [0, 0.1) is 6.92 Å². The Morgan fingerprint density at radius 2 is 1.84 bits per heavy atom. The zero-order valence-electron chi connectivity index (χ0n) is 13.4. The predicted octanol–water partition coefficient (Wildman–Crippen LogP) is 4.14. The highest BCUT2D eigenvalue weighted by Gasteiger charge is 2.15. The minimum atomic E-state index is -1.02. The monoisotopic (exact) mass is 339 g/mol. The Bertz CT molecular complexity index is 953. The van der Waals surface area contributed by atoms with E-state index < -0.39 is 5.97 Å². The average Bonchev–Trinajstić information content (AvgIpc) is 2.63. The first-order valence-electron chi connectivity index (χ1n) is 7.58. The van der Waals surface area contributed by atoms with Gasteiger partial charge in [-0.25, -0.2) is 9.78 Å². The normalized spacial score (nSPS) is 10.3. The second kappa shape index (κ2) is 6.92. The van der Waals surface area contributed by atoms with Crippen LogP contribution in [0.2, 0.25) is 0 Å². The SMILES string of the molecule is Cc1ncc(-c2cccc(C(=O)O)c2)nc1C(=O)Nc1ccccc1.[HH].[HH].[HH]. The fraction of sp³-hybridized carbons (Fsp3) is 0.0526. The molecule has 0 saturated heterocycles. The van der Waals surface area contributed by atoms with E-state index in [2.05, 4.69) is 15.3 Å². The summed E-state index contributed by atoms with van der Waals surface area (Å²) in [4.78, 5) is 32.2. The van der Waals surface area contributed by atoms with Crippen molar-refractivity contribution < 1.29 is 19.0 Å². The lowest BCUT2D eigenvalue weighted by atomic mass is 10.1. The fourth-order valence-electron chi connectivity index (χ4n) is 2.33. The Hall–Kier alpha value is -3.54. The molecule has 0 aliphatic rings. The third-order valence-electron chi connectivity index (χ3n) is 3.61. The van der Waals surface area contributed by atoms with Crippen molar-refractivity contribution in [3.8, 4) is 11.3 Å². The molecule has 2 aromatic carbocycles. The molecule has 0 radical (unpaired) electrons. The summed E-state index contributed by atoms with van der Waals surface area (Å²) in [6.07, 6.45) is 1.52. The van der Waals surface area contributed by atoms with Gasteiger partial charge in [-0.05, 0) is 31.2 Å². The Labute approximate surface area is 148 Å². The van der Waals surface area contributed by atoms with Gasteiger partial charge in [0.25, 0.3) is 5.91 Å². The zero-order valence-corrected chi connectivity index (χ0v) is 13.4. The number of carbonyl (C=O) groups is 2. The molecule has 3 aromatic rings. The third-order valence-corrected chi connectivity index (χ3v) is 3.61. The zero-order chi connectivity index (χ0) is 17.8. The number of aromatic carboxylic acids is 1. The molecule has 1 aromatic heterocycles. The van der Waals surface area contributed by atoms with Crippen LogP contribution in [0.25, 0.3) is 11.3 Å². The van der Waals surface area contributed by atoms with Crippen LogP contribution in [0.1, 0.15) is 30.8 Å². The van der Waals surface area contributed by atoms with Gasteiger partial charge in [-0.3, -0.25) is 9.78 Å². The smallest absolute Gasteiger partial charge is 0.335 e. The number of aromatic nitrogens is 2. The Morgan fingerprint density at radius 1 is 1.08 bits per heavy atom. The number of hydrogen-bond donors (Lipinski definition) is 2. The first kappa shape index (κ1) is 16.3. The molecular weight excluding hydrogens is 318 g/mol. The van der Waals surface area contributed by atoms with E-state index in [-0.39, 0.29) is 21.4 Å². The minimum Gasteiger partial charge on any atom is -0.478 e. The summed E-state index contributed by atoms with van der Waals surface area (Å²) in [6, 6.07) is 15.4. The lowest BCUT2D eigenvalue weighted by Crippen LogP contribution is -2.16. The van der Waals surface area contributed by atoms with E-state index in [0.717, 1.165) is 0 Å². The maximum Gasteiger partial charge on any atom is 0.335 e. The molecule has 0 unspecified atom stereocenters. The maximum absolute atomic E-state index is 12.5. The summed E-state index contributed by atoms with van der Waals surface area (Å²) in [5, 5.41) is 11.9. The highest BCUT2D eigenvalue weighted by Crippen LogP contribution is 2.19. The van der Waals surface area contributed by atoms with Crippen molar-refractivity contribution in [1.29, 1.82) is 0 Å². The molecular formula is C19H21N3O3.